The smallest absolute Gasteiger partial charge is 0.0931 e. The lowest BCUT2D eigenvalue weighted by Gasteiger charge is -2.03. The normalized spacial score (nSPS) is 11.0. The molecule has 0 aliphatic carbocycles. The fourth-order valence-electron chi connectivity index (χ4n) is 1.67. The number of aromatic nitrogens is 2. The van der Waals surface area contributed by atoms with Gasteiger partial charge in [-0.05, 0) is 24.6 Å². The first-order valence-corrected chi connectivity index (χ1v) is 6.85. The molecule has 0 aliphatic heterocycles. The molecule has 3 nitrogen and oxygen atoms in total. The Morgan fingerprint density at radius 3 is 2.82 bits per heavy atom. The van der Waals surface area contributed by atoms with Crippen LogP contribution in [0.15, 0.2) is 18.2 Å². The molecular formula is C12H16ClN3S. The Balaban J connectivity index is 1.87. The average molecular weight is 270 g/mol. The van der Waals surface area contributed by atoms with E-state index < -0.39 is 0 Å². The van der Waals surface area contributed by atoms with E-state index in [0.717, 1.165) is 29.5 Å². The monoisotopic (exact) mass is 269 g/mol. The first kappa shape index (κ1) is 12.6. The fourth-order valence-corrected chi connectivity index (χ4v) is 2.73. The molecule has 0 amide bonds. The Hall–Kier alpha value is -0.840. The van der Waals surface area contributed by atoms with Gasteiger partial charge in [0.2, 0.25) is 0 Å². The highest BCUT2D eigenvalue weighted by molar-refractivity contribution is 7.16. The molecule has 0 spiro atoms. The van der Waals surface area contributed by atoms with E-state index >= 15 is 0 Å². The highest BCUT2D eigenvalue weighted by Gasteiger charge is 2.03. The highest BCUT2D eigenvalue weighted by atomic mass is 35.5. The first-order chi connectivity index (χ1) is 8.19. The van der Waals surface area contributed by atoms with Gasteiger partial charge in [-0.25, -0.2) is 0 Å². The molecule has 0 saturated heterocycles. The minimum Gasteiger partial charge on any atom is -0.306 e. The molecule has 0 aromatic carbocycles. The zero-order chi connectivity index (χ0) is 12.3. The summed E-state index contributed by atoms with van der Waals surface area (Å²) in [5.74, 6) is 0. The quantitative estimate of drug-likeness (QED) is 0.904. The third kappa shape index (κ3) is 3.31. The van der Waals surface area contributed by atoms with Crippen LogP contribution in [0.1, 0.15) is 23.2 Å². The van der Waals surface area contributed by atoms with E-state index in [1.54, 1.807) is 11.3 Å². The van der Waals surface area contributed by atoms with E-state index in [2.05, 4.69) is 29.5 Å². The van der Waals surface area contributed by atoms with E-state index in [1.807, 2.05) is 17.8 Å². The molecule has 0 atom stereocenters. The summed E-state index contributed by atoms with van der Waals surface area (Å²) in [5.41, 5.74) is 2.35. The van der Waals surface area contributed by atoms with E-state index in [1.165, 1.54) is 10.6 Å². The summed E-state index contributed by atoms with van der Waals surface area (Å²) < 4.78 is 2.78. The van der Waals surface area contributed by atoms with E-state index in [-0.39, 0.29) is 0 Å². The lowest BCUT2D eigenvalue weighted by atomic mass is 10.3. The molecule has 17 heavy (non-hydrogen) atoms. The summed E-state index contributed by atoms with van der Waals surface area (Å²) >= 11 is 7.50. The maximum absolute atomic E-state index is 5.88. The van der Waals surface area contributed by atoms with Crippen molar-refractivity contribution in [1.82, 2.24) is 15.1 Å². The Morgan fingerprint density at radius 1 is 1.41 bits per heavy atom. The van der Waals surface area contributed by atoms with Crippen LogP contribution >= 0.6 is 22.9 Å². The number of aryl methyl sites for hydroxylation is 2. The van der Waals surface area contributed by atoms with E-state index in [9.17, 15) is 0 Å². The molecule has 0 aliphatic rings. The van der Waals surface area contributed by atoms with Gasteiger partial charge in [0.1, 0.15) is 0 Å². The molecule has 2 aromatic heterocycles. The van der Waals surface area contributed by atoms with Crippen LogP contribution in [-0.4, -0.2) is 9.78 Å². The van der Waals surface area contributed by atoms with Gasteiger partial charge in [0.05, 0.1) is 15.7 Å². The summed E-state index contributed by atoms with van der Waals surface area (Å²) in [4.78, 5) is 1.26. The van der Waals surface area contributed by atoms with Crippen molar-refractivity contribution < 1.29 is 0 Å². The largest absolute Gasteiger partial charge is 0.306 e. The third-order valence-corrected chi connectivity index (χ3v) is 3.85. The fraction of sp³-hybridized carbons (Fsp3) is 0.417. The third-order valence-electron chi connectivity index (χ3n) is 2.62. The zero-order valence-corrected chi connectivity index (χ0v) is 11.6. The van der Waals surface area contributed by atoms with Gasteiger partial charge in [0.25, 0.3) is 0 Å². The Kier molecular flexibility index (Phi) is 4.20. The van der Waals surface area contributed by atoms with Gasteiger partial charge in [-0.3, -0.25) is 4.68 Å². The number of hydrogen-bond donors (Lipinski definition) is 1. The molecule has 0 bridgehead atoms. The minimum absolute atomic E-state index is 0.832. The molecule has 1 N–H and O–H groups in total. The minimum atomic E-state index is 0.832. The van der Waals surface area contributed by atoms with Crippen LogP contribution in [0.4, 0.5) is 0 Å². The second-order valence-electron chi connectivity index (χ2n) is 3.91. The van der Waals surface area contributed by atoms with Crippen molar-refractivity contribution >= 4 is 22.9 Å². The van der Waals surface area contributed by atoms with Crippen LogP contribution in [0.25, 0.3) is 0 Å². The van der Waals surface area contributed by atoms with Crippen LogP contribution in [0, 0.1) is 0 Å². The second kappa shape index (κ2) is 5.67. The Morgan fingerprint density at radius 2 is 2.24 bits per heavy atom. The molecule has 2 rings (SSSR count). The predicted molar refractivity (Wildman–Crippen MR) is 72.5 cm³/mol. The van der Waals surface area contributed by atoms with Gasteiger partial charge in [-0.15, -0.1) is 11.3 Å². The van der Waals surface area contributed by atoms with Gasteiger partial charge in [0.15, 0.2) is 0 Å². The standard InChI is InChI=1S/C12H16ClN3S/c1-3-9-6-10(16(2)15-9)7-14-8-11-4-5-12(13)17-11/h4-6,14H,3,7-8H2,1-2H3. The zero-order valence-electron chi connectivity index (χ0n) is 10.0. The van der Waals surface area contributed by atoms with Crippen molar-refractivity contribution in [2.45, 2.75) is 26.4 Å². The highest BCUT2D eigenvalue weighted by Crippen LogP contribution is 2.21. The van der Waals surface area contributed by atoms with Crippen molar-refractivity contribution in [2.75, 3.05) is 0 Å². The van der Waals surface area contributed by atoms with E-state index in [0.29, 0.717) is 0 Å². The van der Waals surface area contributed by atoms with Crippen LogP contribution in [0.2, 0.25) is 4.34 Å². The van der Waals surface area contributed by atoms with Crippen molar-refractivity contribution in [2.24, 2.45) is 7.05 Å². The van der Waals surface area contributed by atoms with Crippen molar-refractivity contribution in [3.05, 3.63) is 38.8 Å². The predicted octanol–water partition coefficient (Wildman–Crippen LogP) is 2.99. The molecule has 0 radical (unpaired) electrons. The SMILES string of the molecule is CCc1cc(CNCc2ccc(Cl)s2)n(C)n1. The maximum atomic E-state index is 5.88. The van der Waals surface area contributed by atoms with Crippen molar-refractivity contribution in [1.29, 1.82) is 0 Å². The number of nitrogens with zero attached hydrogens (tertiary/aromatic N) is 2. The lowest BCUT2D eigenvalue weighted by molar-refractivity contribution is 0.626. The Labute approximate surface area is 110 Å². The second-order valence-corrected chi connectivity index (χ2v) is 5.71. The van der Waals surface area contributed by atoms with Crippen molar-refractivity contribution in [3.8, 4) is 0 Å². The molecule has 5 heteroatoms. The van der Waals surface area contributed by atoms with Gasteiger partial charge >= 0.3 is 0 Å². The molecular weight excluding hydrogens is 254 g/mol. The molecule has 0 unspecified atom stereocenters. The summed E-state index contributed by atoms with van der Waals surface area (Å²) in [6, 6.07) is 6.14. The van der Waals surface area contributed by atoms with Crippen molar-refractivity contribution in [3.63, 3.8) is 0 Å². The molecule has 0 saturated carbocycles. The van der Waals surface area contributed by atoms with E-state index in [4.69, 9.17) is 11.6 Å². The van der Waals surface area contributed by atoms with Gasteiger partial charge in [-0.1, -0.05) is 18.5 Å². The molecule has 2 aromatic rings. The van der Waals surface area contributed by atoms with Gasteiger partial charge in [-0.2, -0.15) is 5.10 Å². The topological polar surface area (TPSA) is 29.9 Å². The van der Waals surface area contributed by atoms with Crippen LogP contribution in [0.5, 0.6) is 0 Å². The van der Waals surface area contributed by atoms with Crippen LogP contribution in [0.3, 0.4) is 0 Å². The number of thiophene rings is 1. The molecule has 92 valence electrons. The number of rotatable bonds is 5. The lowest BCUT2D eigenvalue weighted by Crippen LogP contribution is -2.14. The molecule has 0 fully saturated rings. The Bertz CT molecular complexity index is 490. The summed E-state index contributed by atoms with van der Waals surface area (Å²) in [7, 11) is 1.98. The number of nitrogens with one attached hydrogen (secondary N) is 1. The first-order valence-electron chi connectivity index (χ1n) is 5.65. The molecule has 2 heterocycles. The summed E-state index contributed by atoms with van der Waals surface area (Å²) in [5, 5.41) is 7.82. The number of hydrogen-bond acceptors (Lipinski definition) is 3. The van der Waals surface area contributed by atoms with Crippen LogP contribution < -0.4 is 5.32 Å². The van der Waals surface area contributed by atoms with Gasteiger partial charge in [0, 0.05) is 25.0 Å². The summed E-state index contributed by atoms with van der Waals surface area (Å²) in [6.45, 7) is 3.80. The summed E-state index contributed by atoms with van der Waals surface area (Å²) in [6.07, 6.45) is 0.981. The van der Waals surface area contributed by atoms with Crippen LogP contribution in [-0.2, 0) is 26.6 Å². The maximum Gasteiger partial charge on any atom is 0.0931 e. The number of halogens is 1. The van der Waals surface area contributed by atoms with Gasteiger partial charge < -0.3 is 5.32 Å². The average Bonchev–Trinajstić information content (AvgIpc) is 2.86.